The number of pyridine rings is 1. The molecule has 0 bridgehead atoms. The molecule has 1 aromatic carbocycles. The van der Waals surface area contributed by atoms with Crippen molar-refractivity contribution in [3.05, 3.63) is 40.6 Å². The smallest absolute Gasteiger partial charge is 0.326 e. The lowest BCUT2D eigenvalue weighted by molar-refractivity contribution is -0.140. The molecule has 6 nitrogen and oxygen atoms in total. The average Bonchev–Trinajstić information content (AvgIpc) is 3.03. The van der Waals surface area contributed by atoms with E-state index in [0.29, 0.717) is 34.3 Å². The summed E-state index contributed by atoms with van der Waals surface area (Å²) >= 11 is 12.5. The first-order valence-electron chi connectivity index (χ1n) is 7.33. The molecule has 1 atom stereocenters. The van der Waals surface area contributed by atoms with Gasteiger partial charge in [0.05, 0.1) is 21.8 Å². The van der Waals surface area contributed by atoms with Crippen LogP contribution in [0.15, 0.2) is 30.6 Å². The van der Waals surface area contributed by atoms with Crippen LogP contribution in [0, 0.1) is 0 Å². The van der Waals surface area contributed by atoms with Crippen LogP contribution in [0.1, 0.15) is 6.42 Å². The van der Waals surface area contributed by atoms with Gasteiger partial charge in [0.25, 0.3) is 0 Å². The summed E-state index contributed by atoms with van der Waals surface area (Å²) in [5, 5.41) is 17.7. The summed E-state index contributed by atoms with van der Waals surface area (Å²) in [5.74, 6) is -0.285. The fourth-order valence-electron chi connectivity index (χ4n) is 2.92. The molecule has 122 valence electrons. The number of halogens is 2. The van der Waals surface area contributed by atoms with E-state index in [1.807, 2.05) is 12.1 Å². The highest BCUT2D eigenvalue weighted by molar-refractivity contribution is 6.45. The van der Waals surface area contributed by atoms with E-state index in [-0.39, 0.29) is 0 Å². The summed E-state index contributed by atoms with van der Waals surface area (Å²) in [5.41, 5.74) is 2.29. The number of nitrogens with zero attached hydrogens (tertiary/aromatic N) is 3. The minimum atomic E-state index is -0.856. The van der Waals surface area contributed by atoms with Crippen molar-refractivity contribution in [2.75, 3.05) is 11.4 Å². The number of aliphatic carboxylic acids is 1. The van der Waals surface area contributed by atoms with Crippen LogP contribution in [0.2, 0.25) is 10.0 Å². The number of carbonyl (C=O) groups is 1. The molecule has 0 unspecified atom stereocenters. The zero-order chi connectivity index (χ0) is 16.8. The van der Waals surface area contributed by atoms with Crippen molar-refractivity contribution in [2.24, 2.45) is 0 Å². The maximum atomic E-state index is 11.3. The van der Waals surface area contributed by atoms with E-state index in [9.17, 15) is 9.90 Å². The van der Waals surface area contributed by atoms with Gasteiger partial charge < -0.3 is 10.0 Å². The highest BCUT2D eigenvalue weighted by Crippen LogP contribution is 2.38. The Kier molecular flexibility index (Phi) is 3.58. The quantitative estimate of drug-likeness (QED) is 0.743. The van der Waals surface area contributed by atoms with E-state index < -0.39 is 12.0 Å². The minimum absolute atomic E-state index is 0.355. The highest BCUT2D eigenvalue weighted by atomic mass is 35.5. The number of aromatic amines is 1. The van der Waals surface area contributed by atoms with Crippen LogP contribution in [0.4, 0.5) is 5.82 Å². The third-order valence-electron chi connectivity index (χ3n) is 4.27. The van der Waals surface area contributed by atoms with Crippen molar-refractivity contribution in [1.82, 2.24) is 15.2 Å². The number of carboxylic acid groups (broad SMARTS) is 1. The van der Waals surface area contributed by atoms with Crippen molar-refractivity contribution in [3.63, 3.8) is 0 Å². The van der Waals surface area contributed by atoms with Gasteiger partial charge in [-0.15, -0.1) is 0 Å². The molecule has 1 aliphatic rings. The lowest BCUT2D eigenvalue weighted by atomic mass is 10.0. The second-order valence-electron chi connectivity index (χ2n) is 5.61. The van der Waals surface area contributed by atoms with Gasteiger partial charge in [0.2, 0.25) is 0 Å². The molecule has 1 saturated heterocycles. The largest absolute Gasteiger partial charge is 0.480 e. The molecule has 24 heavy (non-hydrogen) atoms. The van der Waals surface area contributed by atoms with Gasteiger partial charge in [0.15, 0.2) is 0 Å². The Bertz CT molecular complexity index is 943. The Balaban J connectivity index is 1.96. The second kappa shape index (κ2) is 5.65. The third-order valence-corrected chi connectivity index (χ3v) is 5.06. The first kappa shape index (κ1) is 15.2. The molecular formula is C16H12Cl2N4O2. The maximum Gasteiger partial charge on any atom is 0.326 e. The number of fused-ring (bicyclic) bond motifs is 1. The van der Waals surface area contributed by atoms with E-state index in [1.54, 1.807) is 23.4 Å². The van der Waals surface area contributed by atoms with Crippen molar-refractivity contribution >= 4 is 45.9 Å². The molecule has 0 radical (unpaired) electrons. The lowest BCUT2D eigenvalue weighted by Crippen LogP contribution is -2.53. The average molecular weight is 363 g/mol. The zero-order valence-corrected chi connectivity index (χ0v) is 13.8. The summed E-state index contributed by atoms with van der Waals surface area (Å²) in [6, 6.07) is 4.88. The molecule has 1 aliphatic heterocycles. The molecule has 4 rings (SSSR count). The molecule has 0 amide bonds. The summed E-state index contributed by atoms with van der Waals surface area (Å²) in [7, 11) is 0. The summed E-state index contributed by atoms with van der Waals surface area (Å²) < 4.78 is 0. The third kappa shape index (κ3) is 2.30. The first-order valence-corrected chi connectivity index (χ1v) is 8.09. The number of rotatable bonds is 3. The lowest BCUT2D eigenvalue weighted by Gasteiger charge is -2.39. The van der Waals surface area contributed by atoms with Crippen LogP contribution in [0.5, 0.6) is 0 Å². The first-order chi connectivity index (χ1) is 11.6. The standard InChI is InChI=1S/C16H12Cl2N4O2/c17-11-2-1-9-10(8-6-19-20-7-8)5-13(21-15(9)14(11)18)22-4-3-12(22)16(23)24/h1-2,5-7,12H,3-4H2,(H,19,20)(H,23,24)/t12-/m0/s1. The van der Waals surface area contributed by atoms with Gasteiger partial charge in [-0.05, 0) is 24.1 Å². The van der Waals surface area contributed by atoms with Crippen LogP contribution in [-0.4, -0.2) is 38.8 Å². The molecule has 0 saturated carbocycles. The van der Waals surface area contributed by atoms with E-state index in [1.165, 1.54) is 0 Å². The van der Waals surface area contributed by atoms with Gasteiger partial charge in [0.1, 0.15) is 11.9 Å². The molecule has 2 aromatic heterocycles. The van der Waals surface area contributed by atoms with Crippen molar-refractivity contribution < 1.29 is 9.90 Å². The molecule has 0 spiro atoms. The summed E-state index contributed by atoms with van der Waals surface area (Å²) in [4.78, 5) is 17.7. The summed E-state index contributed by atoms with van der Waals surface area (Å²) in [6.07, 6.45) is 4.07. The van der Waals surface area contributed by atoms with Crippen molar-refractivity contribution in [1.29, 1.82) is 0 Å². The van der Waals surface area contributed by atoms with Crippen molar-refractivity contribution in [3.8, 4) is 11.1 Å². The maximum absolute atomic E-state index is 11.3. The Labute approximate surface area is 147 Å². The molecule has 2 N–H and O–H groups in total. The minimum Gasteiger partial charge on any atom is -0.480 e. The van der Waals surface area contributed by atoms with Crippen LogP contribution in [0.3, 0.4) is 0 Å². The van der Waals surface area contributed by atoms with Gasteiger partial charge in [-0.1, -0.05) is 29.3 Å². The zero-order valence-electron chi connectivity index (χ0n) is 12.3. The Hall–Kier alpha value is -2.31. The van der Waals surface area contributed by atoms with Gasteiger partial charge in [-0.25, -0.2) is 9.78 Å². The van der Waals surface area contributed by atoms with Gasteiger partial charge in [0, 0.05) is 23.7 Å². The number of hydrogen-bond acceptors (Lipinski definition) is 4. The fourth-order valence-corrected chi connectivity index (χ4v) is 3.28. The van der Waals surface area contributed by atoms with Crippen molar-refractivity contribution in [2.45, 2.75) is 12.5 Å². The number of anilines is 1. The number of carboxylic acids is 1. The van der Waals surface area contributed by atoms with Crippen LogP contribution < -0.4 is 4.90 Å². The van der Waals surface area contributed by atoms with E-state index in [4.69, 9.17) is 23.2 Å². The number of aromatic nitrogens is 3. The van der Waals surface area contributed by atoms with Crippen LogP contribution >= 0.6 is 23.2 Å². The number of H-pyrrole nitrogens is 1. The molecule has 8 heteroatoms. The van der Waals surface area contributed by atoms with E-state index >= 15 is 0 Å². The fraction of sp³-hybridized carbons (Fsp3) is 0.188. The monoisotopic (exact) mass is 362 g/mol. The van der Waals surface area contributed by atoms with Crippen LogP contribution in [0.25, 0.3) is 22.0 Å². The molecule has 0 aliphatic carbocycles. The molecular weight excluding hydrogens is 351 g/mol. The number of benzene rings is 1. The predicted octanol–water partition coefficient (Wildman–Crippen LogP) is 3.60. The topological polar surface area (TPSA) is 82.1 Å². The molecule has 1 fully saturated rings. The van der Waals surface area contributed by atoms with Gasteiger partial charge in [-0.2, -0.15) is 5.10 Å². The number of nitrogens with one attached hydrogen (secondary N) is 1. The van der Waals surface area contributed by atoms with E-state index in [2.05, 4.69) is 15.2 Å². The van der Waals surface area contributed by atoms with Crippen LogP contribution in [-0.2, 0) is 4.79 Å². The molecule has 3 heterocycles. The normalized spacial score (nSPS) is 17.1. The number of hydrogen-bond donors (Lipinski definition) is 2. The molecule has 3 aromatic rings. The van der Waals surface area contributed by atoms with Gasteiger partial charge in [-0.3, -0.25) is 5.10 Å². The summed E-state index contributed by atoms with van der Waals surface area (Å²) in [6.45, 7) is 0.637. The Morgan fingerprint density at radius 1 is 1.38 bits per heavy atom. The van der Waals surface area contributed by atoms with E-state index in [0.717, 1.165) is 16.5 Å². The predicted molar refractivity (Wildman–Crippen MR) is 92.7 cm³/mol. The Morgan fingerprint density at radius 2 is 2.21 bits per heavy atom. The Morgan fingerprint density at radius 3 is 2.83 bits per heavy atom. The highest BCUT2D eigenvalue weighted by Gasteiger charge is 2.35. The second-order valence-corrected chi connectivity index (χ2v) is 6.39. The van der Waals surface area contributed by atoms with Gasteiger partial charge >= 0.3 is 5.97 Å². The SMILES string of the molecule is O=C(O)[C@@H]1CCN1c1cc(-c2cn[nH]c2)c2ccc(Cl)c(Cl)c2n1.